The van der Waals surface area contributed by atoms with Crippen molar-refractivity contribution in [3.63, 3.8) is 0 Å². The lowest BCUT2D eigenvalue weighted by atomic mass is 10.0. The van der Waals surface area contributed by atoms with E-state index in [1.165, 1.54) is 5.56 Å². The third kappa shape index (κ3) is 2.01. The van der Waals surface area contributed by atoms with E-state index in [4.69, 9.17) is 0 Å². The average Bonchev–Trinajstić information content (AvgIpc) is 2.61. The first-order valence-corrected chi connectivity index (χ1v) is 5.69. The van der Waals surface area contributed by atoms with Crippen LogP contribution in [0.4, 0.5) is 0 Å². The second-order valence-corrected chi connectivity index (χ2v) is 4.72. The van der Waals surface area contributed by atoms with Gasteiger partial charge in [0.15, 0.2) is 5.78 Å². The summed E-state index contributed by atoms with van der Waals surface area (Å²) in [4.78, 5) is 14.5. The van der Waals surface area contributed by atoms with Gasteiger partial charge in [0.2, 0.25) is 0 Å². The van der Waals surface area contributed by atoms with Crippen LogP contribution >= 0.6 is 0 Å². The molecular formula is C14H17NO. The lowest BCUT2D eigenvalue weighted by molar-refractivity contribution is 0.101. The molecule has 0 saturated carbocycles. The van der Waals surface area contributed by atoms with E-state index in [0.29, 0.717) is 11.6 Å². The summed E-state index contributed by atoms with van der Waals surface area (Å²) in [6.45, 7) is 5.99. The van der Waals surface area contributed by atoms with Crippen molar-refractivity contribution in [1.82, 2.24) is 4.98 Å². The van der Waals surface area contributed by atoms with Crippen LogP contribution in [0.1, 0.15) is 36.8 Å². The Bertz CT molecular complexity index is 523. The van der Waals surface area contributed by atoms with Crippen LogP contribution in [0.5, 0.6) is 0 Å². The number of fused-ring (bicyclic) bond motifs is 1. The molecule has 1 aromatic heterocycles. The number of ketones is 1. The highest BCUT2D eigenvalue weighted by Gasteiger charge is 2.08. The number of carbonyl (C=O) groups is 1. The van der Waals surface area contributed by atoms with E-state index in [-0.39, 0.29) is 5.78 Å². The predicted molar refractivity (Wildman–Crippen MR) is 66.8 cm³/mol. The first-order chi connectivity index (χ1) is 7.58. The van der Waals surface area contributed by atoms with Crippen LogP contribution < -0.4 is 0 Å². The van der Waals surface area contributed by atoms with E-state index in [2.05, 4.69) is 31.0 Å². The number of nitrogens with one attached hydrogen (secondary N) is 1. The molecule has 2 rings (SSSR count). The molecule has 2 heteroatoms. The first-order valence-electron chi connectivity index (χ1n) is 5.69. The summed E-state index contributed by atoms with van der Waals surface area (Å²) < 4.78 is 0. The van der Waals surface area contributed by atoms with E-state index in [1.54, 1.807) is 6.92 Å². The minimum Gasteiger partial charge on any atom is -0.352 e. The average molecular weight is 215 g/mol. The summed E-state index contributed by atoms with van der Waals surface area (Å²) in [7, 11) is 0. The fourth-order valence-corrected chi connectivity index (χ4v) is 2.02. The topological polar surface area (TPSA) is 32.9 Å². The highest BCUT2D eigenvalue weighted by Crippen LogP contribution is 2.22. The van der Waals surface area contributed by atoms with E-state index in [9.17, 15) is 4.79 Å². The quantitative estimate of drug-likeness (QED) is 0.780. The van der Waals surface area contributed by atoms with Crippen molar-refractivity contribution < 1.29 is 4.79 Å². The Morgan fingerprint density at radius 3 is 2.75 bits per heavy atom. The zero-order valence-corrected chi connectivity index (χ0v) is 10.0. The van der Waals surface area contributed by atoms with Gasteiger partial charge in [-0.05, 0) is 24.0 Å². The van der Waals surface area contributed by atoms with Gasteiger partial charge in [-0.1, -0.05) is 32.0 Å². The van der Waals surface area contributed by atoms with Gasteiger partial charge in [-0.15, -0.1) is 0 Å². The maximum absolute atomic E-state index is 11.3. The third-order valence-electron chi connectivity index (χ3n) is 2.75. The van der Waals surface area contributed by atoms with Gasteiger partial charge in [-0.25, -0.2) is 0 Å². The number of para-hydroxylation sites is 1. The molecule has 0 fully saturated rings. The normalized spacial score (nSPS) is 11.2. The Balaban J connectivity index is 2.54. The highest BCUT2D eigenvalue weighted by atomic mass is 16.1. The lowest BCUT2D eigenvalue weighted by Crippen LogP contribution is -1.95. The molecule has 84 valence electrons. The van der Waals surface area contributed by atoms with E-state index < -0.39 is 0 Å². The predicted octanol–water partition coefficient (Wildman–Crippen LogP) is 3.57. The van der Waals surface area contributed by atoms with Crippen LogP contribution in [0.3, 0.4) is 0 Å². The van der Waals surface area contributed by atoms with Crippen molar-refractivity contribution in [2.75, 3.05) is 0 Å². The number of hydrogen-bond acceptors (Lipinski definition) is 1. The van der Waals surface area contributed by atoms with Gasteiger partial charge in [-0.2, -0.15) is 0 Å². The molecule has 1 aromatic carbocycles. The van der Waals surface area contributed by atoms with Crippen LogP contribution in [0.15, 0.2) is 24.3 Å². The number of aromatic amines is 1. The van der Waals surface area contributed by atoms with Crippen molar-refractivity contribution in [3.05, 3.63) is 35.5 Å². The Morgan fingerprint density at radius 2 is 2.12 bits per heavy atom. The summed E-state index contributed by atoms with van der Waals surface area (Å²) in [5.41, 5.74) is 3.10. The van der Waals surface area contributed by atoms with Crippen molar-refractivity contribution in [3.8, 4) is 0 Å². The van der Waals surface area contributed by atoms with E-state index in [0.717, 1.165) is 17.3 Å². The molecule has 2 nitrogen and oxygen atoms in total. The SMILES string of the molecule is CC(=O)c1cc2cccc(CC(C)C)c2[nH]1. The van der Waals surface area contributed by atoms with E-state index >= 15 is 0 Å². The maximum Gasteiger partial charge on any atom is 0.175 e. The second kappa shape index (κ2) is 4.12. The Hall–Kier alpha value is -1.57. The van der Waals surface area contributed by atoms with Gasteiger partial charge >= 0.3 is 0 Å². The molecule has 0 aliphatic heterocycles. The molecule has 0 radical (unpaired) electrons. The summed E-state index contributed by atoms with van der Waals surface area (Å²) in [5.74, 6) is 0.710. The van der Waals surface area contributed by atoms with Gasteiger partial charge in [-0.3, -0.25) is 4.79 Å². The number of benzene rings is 1. The van der Waals surface area contributed by atoms with Gasteiger partial charge < -0.3 is 4.98 Å². The molecule has 0 aliphatic carbocycles. The molecule has 16 heavy (non-hydrogen) atoms. The molecule has 0 atom stereocenters. The van der Waals surface area contributed by atoms with Crippen LogP contribution in [-0.4, -0.2) is 10.8 Å². The third-order valence-corrected chi connectivity index (χ3v) is 2.75. The molecular weight excluding hydrogens is 198 g/mol. The summed E-state index contributed by atoms with van der Waals surface area (Å²) in [6, 6.07) is 8.16. The molecule has 2 aromatic rings. The van der Waals surface area contributed by atoms with Crippen LogP contribution in [0.2, 0.25) is 0 Å². The van der Waals surface area contributed by atoms with Crippen molar-refractivity contribution in [2.45, 2.75) is 27.2 Å². The van der Waals surface area contributed by atoms with Crippen LogP contribution in [-0.2, 0) is 6.42 Å². The Morgan fingerprint density at radius 1 is 1.38 bits per heavy atom. The Labute approximate surface area is 95.7 Å². The van der Waals surface area contributed by atoms with Gasteiger partial charge in [0, 0.05) is 17.8 Å². The van der Waals surface area contributed by atoms with Crippen LogP contribution in [0.25, 0.3) is 10.9 Å². The van der Waals surface area contributed by atoms with E-state index in [1.807, 2.05) is 12.1 Å². The summed E-state index contributed by atoms with van der Waals surface area (Å²) >= 11 is 0. The number of hydrogen-bond donors (Lipinski definition) is 1. The number of aromatic nitrogens is 1. The largest absolute Gasteiger partial charge is 0.352 e. The number of carbonyl (C=O) groups excluding carboxylic acids is 1. The smallest absolute Gasteiger partial charge is 0.175 e. The zero-order valence-electron chi connectivity index (χ0n) is 10.0. The van der Waals surface area contributed by atoms with Crippen LogP contribution in [0, 0.1) is 5.92 Å². The number of Topliss-reactive ketones (excluding diaryl/α,β-unsaturated/α-hetero) is 1. The van der Waals surface area contributed by atoms with Gasteiger partial charge in [0.1, 0.15) is 0 Å². The lowest BCUT2D eigenvalue weighted by Gasteiger charge is -2.05. The van der Waals surface area contributed by atoms with Crippen molar-refractivity contribution >= 4 is 16.7 Å². The fourth-order valence-electron chi connectivity index (χ4n) is 2.02. The van der Waals surface area contributed by atoms with Gasteiger partial charge in [0.25, 0.3) is 0 Å². The number of H-pyrrole nitrogens is 1. The molecule has 1 N–H and O–H groups in total. The molecule has 0 bridgehead atoms. The van der Waals surface area contributed by atoms with Crippen molar-refractivity contribution in [2.24, 2.45) is 5.92 Å². The molecule has 0 aliphatic rings. The molecule has 0 amide bonds. The molecule has 1 heterocycles. The highest BCUT2D eigenvalue weighted by molar-refractivity contribution is 5.98. The minimum atomic E-state index is 0.0895. The van der Waals surface area contributed by atoms with Crippen molar-refractivity contribution in [1.29, 1.82) is 0 Å². The summed E-state index contributed by atoms with van der Waals surface area (Å²) in [5, 5.41) is 1.13. The molecule has 0 saturated heterocycles. The monoisotopic (exact) mass is 215 g/mol. The minimum absolute atomic E-state index is 0.0895. The molecule has 0 spiro atoms. The second-order valence-electron chi connectivity index (χ2n) is 4.72. The Kier molecular flexibility index (Phi) is 2.82. The first kappa shape index (κ1) is 10.9. The zero-order chi connectivity index (χ0) is 11.7. The fraction of sp³-hybridized carbons (Fsp3) is 0.357. The maximum atomic E-state index is 11.3. The van der Waals surface area contributed by atoms with Gasteiger partial charge in [0.05, 0.1) is 5.69 Å². The number of rotatable bonds is 3. The molecule has 0 unspecified atom stereocenters. The summed E-state index contributed by atoms with van der Waals surface area (Å²) in [6.07, 6.45) is 1.04. The standard InChI is InChI=1S/C14H17NO/c1-9(2)7-11-5-4-6-12-8-13(10(3)16)15-14(11)12/h4-6,8-9,15H,7H2,1-3H3.